The maximum Gasteiger partial charge on any atom is 0.0621 e. The highest BCUT2D eigenvalue weighted by Gasteiger charge is 2.18. The third-order valence-corrected chi connectivity index (χ3v) is 3.38. The molecule has 1 rings (SSSR count). The van der Waals surface area contributed by atoms with E-state index in [1.54, 1.807) is 0 Å². The predicted molar refractivity (Wildman–Crippen MR) is 76.5 cm³/mol. The Morgan fingerprint density at radius 1 is 1.44 bits per heavy atom. The van der Waals surface area contributed by atoms with Gasteiger partial charge in [0.2, 0.25) is 0 Å². The van der Waals surface area contributed by atoms with Gasteiger partial charge in [0.1, 0.15) is 0 Å². The van der Waals surface area contributed by atoms with E-state index in [-0.39, 0.29) is 11.5 Å². The fourth-order valence-corrected chi connectivity index (χ4v) is 2.00. The monoisotopic (exact) mass is 264 g/mol. The number of halogens is 1. The van der Waals surface area contributed by atoms with Crippen LogP contribution in [0.15, 0.2) is 24.3 Å². The number of benzene rings is 1. The Morgan fingerprint density at radius 2 is 2.17 bits per heavy atom. The maximum atomic E-state index is 8.63. The van der Waals surface area contributed by atoms with Crippen molar-refractivity contribution in [2.45, 2.75) is 39.7 Å². The Morgan fingerprint density at radius 3 is 2.78 bits per heavy atom. The predicted octanol–water partition coefficient (Wildman–Crippen LogP) is 4.32. The second-order valence-corrected chi connectivity index (χ2v) is 5.92. The number of hydrogen-bond donors (Lipinski definition) is 1. The number of rotatable bonds is 6. The molecule has 98 valence electrons. The van der Waals surface area contributed by atoms with Gasteiger partial charge in [0.25, 0.3) is 0 Å². The molecule has 2 nitrogen and oxygen atoms in total. The summed E-state index contributed by atoms with van der Waals surface area (Å²) in [6, 6.07) is 10.4. The Bertz CT molecular complexity index is 421. The highest BCUT2D eigenvalue weighted by atomic mass is 35.5. The molecule has 0 aliphatic carbocycles. The zero-order chi connectivity index (χ0) is 13.6. The average Bonchev–Trinajstić information content (AvgIpc) is 2.34. The van der Waals surface area contributed by atoms with Gasteiger partial charge >= 0.3 is 0 Å². The van der Waals surface area contributed by atoms with Crippen LogP contribution in [0.2, 0.25) is 5.02 Å². The van der Waals surface area contributed by atoms with Crippen LogP contribution in [-0.2, 0) is 0 Å². The molecular formula is C15H21ClN2. The molecule has 3 heteroatoms. The molecule has 0 saturated heterocycles. The molecule has 0 aliphatic rings. The fourth-order valence-electron chi connectivity index (χ4n) is 1.81. The van der Waals surface area contributed by atoms with Gasteiger partial charge < -0.3 is 5.32 Å². The van der Waals surface area contributed by atoms with Crippen molar-refractivity contribution in [3.05, 3.63) is 34.9 Å². The van der Waals surface area contributed by atoms with Crippen LogP contribution in [0.5, 0.6) is 0 Å². The van der Waals surface area contributed by atoms with Crippen molar-refractivity contribution >= 4 is 11.6 Å². The standard InChI is InChI=1S/C15H21ClN2/c1-12(13-6-4-7-14(16)10-13)18-11-15(2,3)8-5-9-17/h4,6-7,10,12,18H,5,8,11H2,1-3H3. The Labute approximate surface area is 115 Å². The molecule has 1 atom stereocenters. The van der Waals surface area contributed by atoms with Gasteiger partial charge in [-0.05, 0) is 36.5 Å². The molecule has 0 aromatic heterocycles. The van der Waals surface area contributed by atoms with E-state index in [2.05, 4.69) is 38.2 Å². The van der Waals surface area contributed by atoms with E-state index in [1.165, 1.54) is 5.56 Å². The quantitative estimate of drug-likeness (QED) is 0.831. The van der Waals surface area contributed by atoms with Crippen molar-refractivity contribution in [2.24, 2.45) is 5.41 Å². The van der Waals surface area contributed by atoms with Crippen LogP contribution in [0, 0.1) is 16.7 Å². The molecule has 0 bridgehead atoms. The minimum Gasteiger partial charge on any atom is -0.310 e. The van der Waals surface area contributed by atoms with Gasteiger partial charge in [-0.15, -0.1) is 0 Å². The van der Waals surface area contributed by atoms with E-state index in [1.807, 2.05) is 18.2 Å². The normalized spacial score (nSPS) is 13.1. The fraction of sp³-hybridized carbons (Fsp3) is 0.533. The first-order valence-corrected chi connectivity index (χ1v) is 6.68. The molecule has 1 unspecified atom stereocenters. The lowest BCUT2D eigenvalue weighted by atomic mass is 9.87. The first-order valence-electron chi connectivity index (χ1n) is 6.30. The molecule has 0 radical (unpaired) electrons. The van der Waals surface area contributed by atoms with E-state index < -0.39 is 0 Å². The Kier molecular flexibility index (Phi) is 5.65. The average molecular weight is 265 g/mol. The molecule has 0 fully saturated rings. The molecule has 1 N–H and O–H groups in total. The van der Waals surface area contributed by atoms with E-state index in [0.717, 1.165) is 18.0 Å². The third kappa shape index (κ3) is 5.08. The Balaban J connectivity index is 2.51. The highest BCUT2D eigenvalue weighted by Crippen LogP contribution is 2.23. The highest BCUT2D eigenvalue weighted by molar-refractivity contribution is 6.30. The summed E-state index contributed by atoms with van der Waals surface area (Å²) in [7, 11) is 0. The second kappa shape index (κ2) is 6.78. The third-order valence-electron chi connectivity index (χ3n) is 3.15. The Hall–Kier alpha value is -1.04. The van der Waals surface area contributed by atoms with Crippen molar-refractivity contribution in [3.63, 3.8) is 0 Å². The van der Waals surface area contributed by atoms with Crippen molar-refractivity contribution in [3.8, 4) is 6.07 Å². The molecule has 0 heterocycles. The minimum atomic E-state index is 0.141. The summed E-state index contributed by atoms with van der Waals surface area (Å²) in [5.74, 6) is 0. The summed E-state index contributed by atoms with van der Waals surface area (Å²) in [5, 5.41) is 12.9. The summed E-state index contributed by atoms with van der Waals surface area (Å²) in [4.78, 5) is 0. The van der Waals surface area contributed by atoms with Crippen molar-refractivity contribution < 1.29 is 0 Å². The van der Waals surface area contributed by atoms with Crippen LogP contribution in [0.25, 0.3) is 0 Å². The second-order valence-electron chi connectivity index (χ2n) is 5.48. The summed E-state index contributed by atoms with van der Waals surface area (Å²) in [5.41, 5.74) is 1.33. The summed E-state index contributed by atoms with van der Waals surface area (Å²) in [6.07, 6.45) is 1.53. The van der Waals surface area contributed by atoms with Gasteiger partial charge in [-0.2, -0.15) is 5.26 Å². The van der Waals surface area contributed by atoms with Crippen molar-refractivity contribution in [1.82, 2.24) is 5.32 Å². The number of hydrogen-bond acceptors (Lipinski definition) is 2. The molecule has 0 saturated carbocycles. The van der Waals surface area contributed by atoms with E-state index >= 15 is 0 Å². The van der Waals surface area contributed by atoms with Gasteiger partial charge in [0.05, 0.1) is 6.07 Å². The van der Waals surface area contributed by atoms with Crippen LogP contribution in [0.1, 0.15) is 45.2 Å². The van der Waals surface area contributed by atoms with Crippen LogP contribution in [0.4, 0.5) is 0 Å². The van der Waals surface area contributed by atoms with Crippen LogP contribution < -0.4 is 5.32 Å². The molecule has 0 amide bonds. The van der Waals surface area contributed by atoms with Crippen molar-refractivity contribution in [2.75, 3.05) is 6.54 Å². The SMILES string of the molecule is CC(NCC(C)(C)CCC#N)c1cccc(Cl)c1. The van der Waals surface area contributed by atoms with E-state index in [4.69, 9.17) is 16.9 Å². The minimum absolute atomic E-state index is 0.141. The largest absolute Gasteiger partial charge is 0.310 e. The number of nitriles is 1. The zero-order valence-electron chi connectivity index (χ0n) is 11.3. The number of nitrogens with one attached hydrogen (secondary N) is 1. The molecule has 0 aliphatic heterocycles. The van der Waals surface area contributed by atoms with Crippen LogP contribution in [-0.4, -0.2) is 6.54 Å². The van der Waals surface area contributed by atoms with Gasteiger partial charge in [-0.1, -0.05) is 37.6 Å². The van der Waals surface area contributed by atoms with E-state index in [0.29, 0.717) is 6.42 Å². The summed E-state index contributed by atoms with van der Waals surface area (Å²) < 4.78 is 0. The van der Waals surface area contributed by atoms with Crippen LogP contribution >= 0.6 is 11.6 Å². The van der Waals surface area contributed by atoms with Gasteiger partial charge in [0.15, 0.2) is 0 Å². The molecule has 1 aromatic rings. The molecule has 0 spiro atoms. The lowest BCUT2D eigenvalue weighted by Gasteiger charge is -2.26. The zero-order valence-corrected chi connectivity index (χ0v) is 12.1. The topological polar surface area (TPSA) is 35.8 Å². The van der Waals surface area contributed by atoms with Crippen LogP contribution in [0.3, 0.4) is 0 Å². The molecule has 18 heavy (non-hydrogen) atoms. The number of nitrogens with zero attached hydrogens (tertiary/aromatic N) is 1. The summed E-state index contributed by atoms with van der Waals surface area (Å²) in [6.45, 7) is 7.39. The first-order chi connectivity index (χ1) is 8.44. The lowest BCUT2D eigenvalue weighted by molar-refractivity contribution is 0.305. The smallest absolute Gasteiger partial charge is 0.0621 e. The maximum absolute atomic E-state index is 8.63. The van der Waals surface area contributed by atoms with Gasteiger partial charge in [-0.3, -0.25) is 0 Å². The lowest BCUT2D eigenvalue weighted by Crippen LogP contribution is -2.31. The van der Waals surface area contributed by atoms with Gasteiger partial charge in [0, 0.05) is 24.0 Å². The first kappa shape index (κ1) is 15.0. The summed E-state index contributed by atoms with van der Waals surface area (Å²) >= 11 is 5.98. The van der Waals surface area contributed by atoms with Gasteiger partial charge in [-0.25, -0.2) is 0 Å². The van der Waals surface area contributed by atoms with Crippen molar-refractivity contribution in [1.29, 1.82) is 5.26 Å². The molecular weight excluding hydrogens is 244 g/mol. The molecule has 1 aromatic carbocycles. The van der Waals surface area contributed by atoms with E-state index in [9.17, 15) is 0 Å².